The third-order valence-corrected chi connectivity index (χ3v) is 6.67. The first-order valence-electron chi connectivity index (χ1n) is 10.0. The minimum atomic E-state index is 0.207. The van der Waals surface area contributed by atoms with Crippen LogP contribution < -0.4 is 5.32 Å². The van der Waals surface area contributed by atoms with Gasteiger partial charge in [-0.05, 0) is 71.3 Å². The number of nitrogens with one attached hydrogen (secondary N) is 1. The van der Waals surface area contributed by atoms with Gasteiger partial charge in [0.1, 0.15) is 0 Å². The second-order valence-electron chi connectivity index (χ2n) is 7.70. The van der Waals surface area contributed by atoms with Crippen LogP contribution in [0.2, 0.25) is 0 Å². The Morgan fingerprint density at radius 3 is 2.64 bits per heavy atom. The van der Waals surface area contributed by atoms with Gasteiger partial charge in [-0.1, -0.05) is 12.8 Å². The Hall–Kier alpha value is -0.910. The van der Waals surface area contributed by atoms with Crippen molar-refractivity contribution < 1.29 is 4.79 Å². The van der Waals surface area contributed by atoms with E-state index in [0.717, 1.165) is 24.5 Å². The largest absolute Gasteiger partial charge is 0.334 e. The van der Waals surface area contributed by atoms with E-state index in [-0.39, 0.29) is 11.9 Å². The lowest BCUT2D eigenvalue weighted by molar-refractivity contribution is 0.0687. The molecule has 0 spiro atoms. The van der Waals surface area contributed by atoms with Gasteiger partial charge in [-0.3, -0.25) is 4.79 Å². The molecule has 1 N–H and O–H groups in total. The molecule has 1 atom stereocenters. The minimum absolute atomic E-state index is 0.207. The third kappa shape index (κ3) is 5.05. The molecule has 3 rings (SSSR count). The minimum Gasteiger partial charge on any atom is -0.334 e. The molecule has 2 fully saturated rings. The summed E-state index contributed by atoms with van der Waals surface area (Å²) in [6.07, 6.45) is 7.75. The second kappa shape index (κ2) is 9.15. The summed E-state index contributed by atoms with van der Waals surface area (Å²) < 4.78 is 0. The van der Waals surface area contributed by atoms with Crippen LogP contribution in [0.4, 0.5) is 0 Å². The molecular weight excluding hydrogens is 330 g/mol. The topological polar surface area (TPSA) is 35.6 Å². The number of nitrogens with zero attached hydrogens (tertiary/aromatic N) is 2. The van der Waals surface area contributed by atoms with Crippen LogP contribution >= 0.6 is 11.3 Å². The molecule has 140 valence electrons. The van der Waals surface area contributed by atoms with Gasteiger partial charge in [0.05, 0.1) is 4.88 Å². The monoisotopic (exact) mass is 363 g/mol. The average Bonchev–Trinajstić information content (AvgIpc) is 3.22. The van der Waals surface area contributed by atoms with E-state index >= 15 is 0 Å². The molecule has 0 aliphatic carbocycles. The summed E-state index contributed by atoms with van der Waals surface area (Å²) in [7, 11) is 0. The summed E-state index contributed by atoms with van der Waals surface area (Å²) in [6, 6.07) is 4.88. The molecule has 3 heterocycles. The van der Waals surface area contributed by atoms with Gasteiger partial charge in [0.15, 0.2) is 0 Å². The van der Waals surface area contributed by atoms with E-state index in [4.69, 9.17) is 0 Å². The Bertz CT molecular complexity index is 543. The normalized spacial score (nSPS) is 22.3. The third-order valence-electron chi connectivity index (χ3n) is 5.48. The van der Waals surface area contributed by atoms with Gasteiger partial charge in [0, 0.05) is 30.1 Å². The molecule has 1 aromatic rings. The molecule has 2 aliphatic heterocycles. The lowest BCUT2D eigenvalue weighted by Gasteiger charge is -2.29. The Morgan fingerprint density at radius 2 is 2.00 bits per heavy atom. The highest BCUT2D eigenvalue weighted by molar-refractivity contribution is 7.14. The molecule has 2 aliphatic rings. The van der Waals surface area contributed by atoms with Crippen LogP contribution in [0.3, 0.4) is 0 Å². The van der Waals surface area contributed by atoms with Crippen molar-refractivity contribution in [1.82, 2.24) is 15.1 Å². The van der Waals surface area contributed by atoms with Gasteiger partial charge in [0.25, 0.3) is 5.91 Å². The summed E-state index contributed by atoms with van der Waals surface area (Å²) in [6.45, 7) is 9.59. The van der Waals surface area contributed by atoms with E-state index in [1.807, 2.05) is 6.07 Å². The van der Waals surface area contributed by atoms with Gasteiger partial charge in [-0.25, -0.2) is 0 Å². The van der Waals surface area contributed by atoms with Crippen molar-refractivity contribution in [2.24, 2.45) is 0 Å². The number of carbonyl (C=O) groups excluding carboxylic acids is 1. The van der Waals surface area contributed by atoms with E-state index in [2.05, 4.69) is 35.0 Å². The molecule has 5 heteroatoms. The Labute approximate surface area is 156 Å². The highest BCUT2D eigenvalue weighted by atomic mass is 32.1. The van der Waals surface area contributed by atoms with Crippen LogP contribution in [0.15, 0.2) is 12.1 Å². The molecule has 1 aromatic heterocycles. The summed E-state index contributed by atoms with van der Waals surface area (Å²) in [5.74, 6) is 0.207. The van der Waals surface area contributed by atoms with E-state index < -0.39 is 0 Å². The zero-order chi connectivity index (χ0) is 17.6. The Kier molecular flexibility index (Phi) is 6.91. The fraction of sp³-hybridized carbons (Fsp3) is 0.750. The summed E-state index contributed by atoms with van der Waals surface area (Å²) in [5, 5.41) is 3.53. The molecule has 0 saturated carbocycles. The van der Waals surface area contributed by atoms with E-state index in [1.165, 1.54) is 56.5 Å². The summed E-state index contributed by atoms with van der Waals surface area (Å²) in [5.41, 5.74) is 0. The van der Waals surface area contributed by atoms with E-state index in [1.54, 1.807) is 11.3 Å². The highest BCUT2D eigenvalue weighted by Crippen LogP contribution is 2.30. The molecule has 0 radical (unpaired) electrons. The molecule has 0 unspecified atom stereocenters. The maximum atomic E-state index is 13.1. The summed E-state index contributed by atoms with van der Waals surface area (Å²) in [4.78, 5) is 19.9. The lowest BCUT2D eigenvalue weighted by Crippen LogP contribution is -2.42. The predicted octanol–water partition coefficient (Wildman–Crippen LogP) is 3.90. The van der Waals surface area contributed by atoms with Crippen molar-refractivity contribution in [2.75, 3.05) is 32.7 Å². The van der Waals surface area contributed by atoms with Crippen LogP contribution in [-0.2, 0) is 0 Å². The van der Waals surface area contributed by atoms with Crippen LogP contribution in [-0.4, -0.2) is 54.5 Å². The van der Waals surface area contributed by atoms with Gasteiger partial charge in [0.2, 0.25) is 0 Å². The van der Waals surface area contributed by atoms with E-state index in [0.29, 0.717) is 6.04 Å². The number of amides is 1. The Balaban J connectivity index is 1.60. The zero-order valence-electron chi connectivity index (χ0n) is 15.8. The molecule has 1 amide bonds. The zero-order valence-corrected chi connectivity index (χ0v) is 16.6. The predicted molar refractivity (Wildman–Crippen MR) is 105 cm³/mol. The fourth-order valence-corrected chi connectivity index (χ4v) is 5.00. The molecule has 25 heavy (non-hydrogen) atoms. The van der Waals surface area contributed by atoms with Gasteiger partial charge in [-0.2, -0.15) is 0 Å². The van der Waals surface area contributed by atoms with Crippen LogP contribution in [0.1, 0.15) is 73.0 Å². The maximum Gasteiger partial charge on any atom is 0.264 e. The van der Waals surface area contributed by atoms with Crippen LogP contribution in [0.5, 0.6) is 0 Å². The number of thiophene rings is 1. The summed E-state index contributed by atoms with van der Waals surface area (Å²) >= 11 is 1.68. The second-order valence-corrected chi connectivity index (χ2v) is 8.81. The number of rotatable bonds is 6. The van der Waals surface area contributed by atoms with E-state index in [9.17, 15) is 4.79 Å². The fourth-order valence-electron chi connectivity index (χ4n) is 3.93. The van der Waals surface area contributed by atoms with Gasteiger partial charge >= 0.3 is 0 Å². The molecule has 0 aromatic carbocycles. The standard InChI is InChI=1S/C20H33N3OS/c1-16(2)23(15-14-22-12-5-3-4-6-13-22)20(24)19-10-9-18(25-19)17-8-7-11-21-17/h9-10,16-17,21H,3-8,11-15H2,1-2H3/t17-/m0/s1. The van der Waals surface area contributed by atoms with Crippen molar-refractivity contribution >= 4 is 17.2 Å². The van der Waals surface area contributed by atoms with Crippen LogP contribution in [0, 0.1) is 0 Å². The van der Waals surface area contributed by atoms with Crippen molar-refractivity contribution in [1.29, 1.82) is 0 Å². The molecule has 0 bridgehead atoms. The average molecular weight is 364 g/mol. The van der Waals surface area contributed by atoms with Crippen molar-refractivity contribution in [2.45, 2.75) is 64.5 Å². The SMILES string of the molecule is CC(C)N(CCN1CCCCCC1)C(=O)c1ccc([C@@H]2CCCN2)s1. The quantitative estimate of drug-likeness (QED) is 0.833. The van der Waals surface area contributed by atoms with Crippen molar-refractivity contribution in [3.63, 3.8) is 0 Å². The lowest BCUT2D eigenvalue weighted by atomic mass is 10.2. The van der Waals surface area contributed by atoms with Gasteiger partial charge in [-0.15, -0.1) is 11.3 Å². The first kappa shape index (κ1) is 18.9. The van der Waals surface area contributed by atoms with Crippen LogP contribution in [0.25, 0.3) is 0 Å². The molecule has 4 nitrogen and oxygen atoms in total. The first-order chi connectivity index (χ1) is 12.1. The van der Waals surface area contributed by atoms with Crippen molar-refractivity contribution in [3.05, 3.63) is 21.9 Å². The maximum absolute atomic E-state index is 13.1. The highest BCUT2D eigenvalue weighted by Gasteiger charge is 2.24. The van der Waals surface area contributed by atoms with Crippen molar-refractivity contribution in [3.8, 4) is 0 Å². The number of likely N-dealkylation sites (tertiary alicyclic amines) is 1. The smallest absolute Gasteiger partial charge is 0.264 e. The number of hydrogen-bond donors (Lipinski definition) is 1. The molecule has 2 saturated heterocycles. The Morgan fingerprint density at radius 1 is 1.24 bits per heavy atom. The first-order valence-corrected chi connectivity index (χ1v) is 10.8. The van der Waals surface area contributed by atoms with Gasteiger partial charge < -0.3 is 15.1 Å². The number of hydrogen-bond acceptors (Lipinski definition) is 4. The number of carbonyl (C=O) groups is 1. The molecular formula is C20H33N3OS.